The molecular formula is C41H42FN7O4. The van der Waals surface area contributed by atoms with Crippen molar-refractivity contribution in [2.24, 2.45) is 5.92 Å². The number of amides is 3. The van der Waals surface area contributed by atoms with Crippen molar-refractivity contribution in [3.63, 3.8) is 0 Å². The molecule has 0 spiro atoms. The molecule has 4 aromatic rings. The van der Waals surface area contributed by atoms with E-state index in [0.717, 1.165) is 85.5 Å². The number of imide groups is 1. The number of aromatic nitrogens is 1. The average molecular weight is 716 g/mol. The van der Waals surface area contributed by atoms with E-state index in [9.17, 15) is 24.4 Å². The molecule has 11 nitrogen and oxygen atoms in total. The number of piperazine rings is 1. The molecule has 0 bridgehead atoms. The van der Waals surface area contributed by atoms with Crippen molar-refractivity contribution in [2.45, 2.75) is 51.5 Å². The number of carbonyl (C=O) groups excluding carboxylic acids is 4. The van der Waals surface area contributed by atoms with Gasteiger partial charge in [0.1, 0.15) is 11.9 Å². The van der Waals surface area contributed by atoms with Crippen LogP contribution in [0.15, 0.2) is 48.5 Å². The number of ketones is 1. The fourth-order valence-electron chi connectivity index (χ4n) is 8.54. The molecule has 1 aromatic heterocycles. The Morgan fingerprint density at radius 3 is 2.49 bits per heavy atom. The maximum absolute atomic E-state index is 15.0. The predicted molar refractivity (Wildman–Crippen MR) is 199 cm³/mol. The molecule has 53 heavy (non-hydrogen) atoms. The standard InChI is InChI=1S/C41H42FN7O4/c1-4-25-16-29-30(41(2,3)38-36(37(29)51)28-7-5-23(19-43)15-33(28)44-38)18-34(25)48-13-11-47(12-14-48)20-24-21-49(22-24)26-6-8-27(31(42)17-26)39(52)45-32-9-10-35(50)46-40(32)53/h5-8,15-18,24,32,44H,4,9-14,20-22H2,1-3H3,(H,45,52)(H,46,50,53)/t32-/m0/s1. The number of fused-ring (bicyclic) bond motifs is 4. The first-order valence-electron chi connectivity index (χ1n) is 18.4. The van der Waals surface area contributed by atoms with Crippen molar-refractivity contribution in [1.82, 2.24) is 20.5 Å². The largest absolute Gasteiger partial charge is 0.371 e. The van der Waals surface area contributed by atoms with Gasteiger partial charge in [-0.3, -0.25) is 29.4 Å². The minimum Gasteiger partial charge on any atom is -0.371 e. The molecule has 4 heterocycles. The zero-order valence-corrected chi connectivity index (χ0v) is 30.1. The summed E-state index contributed by atoms with van der Waals surface area (Å²) in [6, 6.07) is 15.7. The number of nitriles is 1. The number of hydrogen-bond acceptors (Lipinski definition) is 8. The third-order valence-electron chi connectivity index (χ3n) is 11.6. The molecule has 1 atom stereocenters. The van der Waals surface area contributed by atoms with Gasteiger partial charge in [-0.15, -0.1) is 0 Å². The molecule has 4 aliphatic rings. The van der Waals surface area contributed by atoms with Gasteiger partial charge in [-0.2, -0.15) is 5.26 Å². The molecule has 3 amide bonds. The summed E-state index contributed by atoms with van der Waals surface area (Å²) in [4.78, 5) is 60.7. The number of H-pyrrole nitrogens is 1. The summed E-state index contributed by atoms with van der Waals surface area (Å²) in [5.41, 5.74) is 7.23. The molecule has 3 aromatic carbocycles. The summed E-state index contributed by atoms with van der Waals surface area (Å²) in [5, 5.41) is 15.0. The average Bonchev–Trinajstić information content (AvgIpc) is 3.53. The first-order chi connectivity index (χ1) is 25.4. The second kappa shape index (κ2) is 13.1. The molecule has 3 aliphatic heterocycles. The maximum Gasteiger partial charge on any atom is 0.254 e. The van der Waals surface area contributed by atoms with Crippen molar-refractivity contribution < 1.29 is 23.6 Å². The SMILES string of the molecule is CCc1cc2c(cc1N1CCN(CC3CN(c4ccc(C(=O)N[C@H]5CCC(=O)NC5=O)c(F)c4)C3)CC1)C(C)(C)c1[nH]c3cc(C#N)ccc3c1C2=O. The minimum absolute atomic E-state index is 0.0276. The lowest BCUT2D eigenvalue weighted by molar-refractivity contribution is -0.134. The van der Waals surface area contributed by atoms with Crippen LogP contribution in [0.1, 0.15) is 82.3 Å². The molecule has 12 heteroatoms. The molecule has 0 radical (unpaired) electrons. The molecular weight excluding hydrogens is 673 g/mol. The van der Waals surface area contributed by atoms with Crippen LogP contribution in [-0.2, 0) is 21.4 Å². The highest BCUT2D eigenvalue weighted by molar-refractivity contribution is 6.20. The summed E-state index contributed by atoms with van der Waals surface area (Å²) in [7, 11) is 0. The zero-order valence-electron chi connectivity index (χ0n) is 30.1. The number of nitrogens with one attached hydrogen (secondary N) is 3. The number of halogens is 1. The van der Waals surface area contributed by atoms with E-state index in [1.54, 1.807) is 12.1 Å². The molecule has 0 unspecified atom stereocenters. The Morgan fingerprint density at radius 1 is 1.02 bits per heavy atom. The summed E-state index contributed by atoms with van der Waals surface area (Å²) < 4.78 is 15.0. The summed E-state index contributed by atoms with van der Waals surface area (Å²) in [6.07, 6.45) is 1.13. The second-order valence-corrected chi connectivity index (χ2v) is 15.3. The van der Waals surface area contributed by atoms with Crippen molar-refractivity contribution >= 4 is 45.8 Å². The first kappa shape index (κ1) is 34.5. The molecule has 3 saturated heterocycles. The number of aromatic amines is 1. The Morgan fingerprint density at radius 2 is 1.79 bits per heavy atom. The summed E-state index contributed by atoms with van der Waals surface area (Å²) in [6.45, 7) is 12.6. The van der Waals surface area contributed by atoms with Gasteiger partial charge < -0.3 is 20.1 Å². The lowest BCUT2D eigenvalue weighted by Gasteiger charge is -2.45. The van der Waals surface area contributed by atoms with E-state index >= 15 is 4.39 Å². The van der Waals surface area contributed by atoms with Gasteiger partial charge in [-0.25, -0.2) is 4.39 Å². The van der Waals surface area contributed by atoms with E-state index in [0.29, 0.717) is 22.7 Å². The van der Waals surface area contributed by atoms with E-state index in [2.05, 4.69) is 69.3 Å². The van der Waals surface area contributed by atoms with Crippen molar-refractivity contribution in [3.8, 4) is 6.07 Å². The monoisotopic (exact) mass is 715 g/mol. The molecule has 0 saturated carbocycles. The van der Waals surface area contributed by atoms with Crippen LogP contribution in [0, 0.1) is 23.1 Å². The molecule has 3 fully saturated rings. The van der Waals surface area contributed by atoms with Gasteiger partial charge in [0.2, 0.25) is 11.8 Å². The number of carbonyl (C=O) groups is 4. The fraction of sp³-hybridized carbons (Fsp3) is 0.390. The highest BCUT2D eigenvalue weighted by atomic mass is 19.1. The molecule has 272 valence electrons. The number of nitrogens with zero attached hydrogens (tertiary/aromatic N) is 4. The molecule has 1 aliphatic carbocycles. The Balaban J connectivity index is 0.890. The molecule has 8 rings (SSSR count). The number of hydrogen-bond donors (Lipinski definition) is 3. The topological polar surface area (TPSA) is 142 Å². The van der Waals surface area contributed by atoms with Crippen molar-refractivity contribution in [3.05, 3.63) is 93.4 Å². The smallest absolute Gasteiger partial charge is 0.254 e. The van der Waals surface area contributed by atoms with Crippen LogP contribution in [-0.4, -0.2) is 85.2 Å². The van der Waals surface area contributed by atoms with Crippen LogP contribution in [0.5, 0.6) is 0 Å². The highest BCUT2D eigenvalue weighted by Crippen LogP contribution is 2.46. The minimum atomic E-state index is -0.863. The Hall–Kier alpha value is -5.54. The van der Waals surface area contributed by atoms with E-state index in [1.165, 1.54) is 17.8 Å². The maximum atomic E-state index is 15.0. The third-order valence-corrected chi connectivity index (χ3v) is 11.6. The van der Waals surface area contributed by atoms with Gasteiger partial charge in [0, 0.05) is 97.1 Å². The van der Waals surface area contributed by atoms with E-state index < -0.39 is 29.1 Å². The predicted octanol–water partition coefficient (Wildman–Crippen LogP) is 4.40. The number of rotatable bonds is 7. The van der Waals surface area contributed by atoms with Gasteiger partial charge >= 0.3 is 0 Å². The summed E-state index contributed by atoms with van der Waals surface area (Å²) in [5.74, 6) is -1.81. The Kier molecular flexibility index (Phi) is 8.57. The number of anilines is 2. The number of benzene rings is 3. The Labute approximate surface area is 307 Å². The number of piperidine rings is 1. The summed E-state index contributed by atoms with van der Waals surface area (Å²) >= 11 is 0. The van der Waals surface area contributed by atoms with Crippen LogP contribution in [0.3, 0.4) is 0 Å². The number of aryl methyl sites for hydroxylation is 1. The van der Waals surface area contributed by atoms with Gasteiger partial charge in [0.15, 0.2) is 5.78 Å². The fourth-order valence-corrected chi connectivity index (χ4v) is 8.54. The molecule has 3 N–H and O–H groups in total. The van der Waals surface area contributed by atoms with Gasteiger partial charge in [0.05, 0.1) is 22.8 Å². The van der Waals surface area contributed by atoms with Crippen molar-refractivity contribution in [2.75, 3.05) is 55.6 Å². The zero-order chi connectivity index (χ0) is 37.2. The van der Waals surface area contributed by atoms with Crippen LogP contribution < -0.4 is 20.4 Å². The van der Waals surface area contributed by atoms with E-state index in [-0.39, 0.29) is 30.1 Å². The Bertz CT molecular complexity index is 2240. The second-order valence-electron chi connectivity index (χ2n) is 15.3. The van der Waals surface area contributed by atoms with Crippen LogP contribution in [0.2, 0.25) is 0 Å². The van der Waals surface area contributed by atoms with Crippen LogP contribution in [0.4, 0.5) is 15.8 Å². The van der Waals surface area contributed by atoms with Gasteiger partial charge in [0.25, 0.3) is 5.91 Å². The van der Waals surface area contributed by atoms with Crippen molar-refractivity contribution in [1.29, 1.82) is 5.26 Å². The normalized spacial score (nSPS) is 20.1. The highest BCUT2D eigenvalue weighted by Gasteiger charge is 2.41. The first-order valence-corrected chi connectivity index (χ1v) is 18.4. The van der Waals surface area contributed by atoms with E-state index in [1.807, 2.05) is 12.1 Å². The quantitative estimate of drug-likeness (QED) is 0.239. The van der Waals surface area contributed by atoms with E-state index in [4.69, 9.17) is 0 Å². The lowest BCUT2D eigenvalue weighted by Crippen LogP contribution is -2.55. The lowest BCUT2D eigenvalue weighted by atomic mass is 9.70. The van der Waals surface area contributed by atoms with Gasteiger partial charge in [-0.05, 0) is 66.4 Å². The van der Waals surface area contributed by atoms with Gasteiger partial charge in [-0.1, -0.05) is 26.8 Å². The van der Waals surface area contributed by atoms with Crippen LogP contribution in [0.25, 0.3) is 10.9 Å². The van der Waals surface area contributed by atoms with Crippen LogP contribution >= 0.6 is 0 Å². The third kappa shape index (κ3) is 6.03.